The largest absolute Gasteiger partial charge is 0.444 e. The van der Waals surface area contributed by atoms with Crippen molar-refractivity contribution in [2.75, 3.05) is 18.8 Å². The molecule has 5 amide bonds. The molecular formula is C28H33N3O7S. The van der Waals surface area contributed by atoms with Gasteiger partial charge in [0, 0.05) is 13.1 Å². The summed E-state index contributed by atoms with van der Waals surface area (Å²) in [5, 5.41) is 1.55. The van der Waals surface area contributed by atoms with Crippen LogP contribution in [0.3, 0.4) is 0 Å². The highest BCUT2D eigenvalue weighted by atomic mass is 32.2. The molecule has 0 spiro atoms. The number of hydrogen-bond acceptors (Lipinski definition) is 8. The molecule has 0 aliphatic carbocycles. The fourth-order valence-electron chi connectivity index (χ4n) is 3.77. The molecule has 2 aromatic carbocycles. The van der Waals surface area contributed by atoms with Gasteiger partial charge >= 0.3 is 17.4 Å². The quantitative estimate of drug-likeness (QED) is 0.285. The Hall–Kier alpha value is -3.86. The second kappa shape index (κ2) is 13.3. The fraction of sp³-hybridized carbons (Fsp3) is 0.393. The highest BCUT2D eigenvalue weighted by Crippen LogP contribution is 2.26. The fourth-order valence-corrected chi connectivity index (χ4v) is 4.34. The molecule has 1 heterocycles. The molecule has 3 rings (SSSR count). The molecule has 0 atom stereocenters. The van der Waals surface area contributed by atoms with Crippen molar-refractivity contribution in [3.63, 3.8) is 0 Å². The summed E-state index contributed by atoms with van der Waals surface area (Å²) in [6.45, 7) is 6.82. The number of amides is 5. The van der Waals surface area contributed by atoms with E-state index in [1.54, 1.807) is 64.1 Å². The third kappa shape index (κ3) is 7.82. The van der Waals surface area contributed by atoms with Crippen molar-refractivity contribution in [3.05, 3.63) is 71.3 Å². The van der Waals surface area contributed by atoms with Crippen LogP contribution in [0, 0.1) is 0 Å². The van der Waals surface area contributed by atoms with Crippen LogP contribution < -0.4 is 0 Å². The zero-order valence-electron chi connectivity index (χ0n) is 22.5. The van der Waals surface area contributed by atoms with E-state index in [0.29, 0.717) is 5.75 Å². The average Bonchev–Trinajstić information content (AvgIpc) is 3.14. The Morgan fingerprint density at radius 2 is 1.41 bits per heavy atom. The minimum Gasteiger partial charge on any atom is -0.444 e. The first-order valence-corrected chi connectivity index (χ1v) is 13.6. The van der Waals surface area contributed by atoms with Crippen LogP contribution in [0.1, 0.15) is 66.8 Å². The number of imide groups is 2. The second-order valence-electron chi connectivity index (χ2n) is 9.67. The SMILES string of the molecule is CCSC(=O)N(CCCCN(C(=O)OCc1ccccc1)C(=O)OC(C)(C)C)N1C(=O)c2ccccc2C1=O. The van der Waals surface area contributed by atoms with Crippen molar-refractivity contribution < 1.29 is 33.4 Å². The molecule has 1 aliphatic heterocycles. The monoisotopic (exact) mass is 555 g/mol. The van der Waals surface area contributed by atoms with Crippen LogP contribution in [0.5, 0.6) is 0 Å². The lowest BCUT2D eigenvalue weighted by Gasteiger charge is -2.30. The second-order valence-corrected chi connectivity index (χ2v) is 10.9. The number of unbranched alkanes of at least 4 members (excludes halogenated alkanes) is 1. The third-order valence-electron chi connectivity index (χ3n) is 5.53. The highest BCUT2D eigenvalue weighted by molar-refractivity contribution is 8.13. The van der Waals surface area contributed by atoms with Crippen molar-refractivity contribution >= 4 is 41.0 Å². The van der Waals surface area contributed by atoms with E-state index in [0.717, 1.165) is 32.2 Å². The van der Waals surface area contributed by atoms with Gasteiger partial charge in [0.25, 0.3) is 11.8 Å². The molecular weight excluding hydrogens is 522 g/mol. The molecule has 0 fully saturated rings. The summed E-state index contributed by atoms with van der Waals surface area (Å²) >= 11 is 0.976. The Bertz CT molecular complexity index is 1180. The summed E-state index contributed by atoms with van der Waals surface area (Å²) in [5.41, 5.74) is 0.401. The Balaban J connectivity index is 1.67. The zero-order chi connectivity index (χ0) is 28.6. The standard InChI is InChI=1S/C28H33N3O7S/c1-5-39-27(36)30(31-23(32)21-15-9-10-16-22(21)24(31)33)18-12-11-17-29(26(35)38-28(2,3)4)25(34)37-19-20-13-7-6-8-14-20/h6-10,13-16H,5,11-12,17-19H2,1-4H3. The third-order valence-corrected chi connectivity index (χ3v) is 6.28. The number of carbonyl (C=O) groups excluding carboxylic acids is 5. The summed E-state index contributed by atoms with van der Waals surface area (Å²) in [6, 6.07) is 15.5. The van der Waals surface area contributed by atoms with Gasteiger partial charge in [-0.1, -0.05) is 61.2 Å². The topological polar surface area (TPSA) is 114 Å². The number of nitrogens with zero attached hydrogens (tertiary/aromatic N) is 3. The van der Waals surface area contributed by atoms with E-state index < -0.39 is 34.8 Å². The molecule has 39 heavy (non-hydrogen) atoms. The first kappa shape index (κ1) is 29.7. The van der Waals surface area contributed by atoms with Gasteiger partial charge in [-0.15, -0.1) is 0 Å². The number of hydrogen-bond donors (Lipinski definition) is 0. The molecule has 10 nitrogen and oxygen atoms in total. The number of hydrazine groups is 1. The van der Waals surface area contributed by atoms with Crippen LogP contribution in [-0.2, 0) is 16.1 Å². The van der Waals surface area contributed by atoms with Gasteiger partial charge in [-0.2, -0.15) is 5.01 Å². The van der Waals surface area contributed by atoms with Crippen LogP contribution in [0.2, 0.25) is 0 Å². The van der Waals surface area contributed by atoms with E-state index in [9.17, 15) is 24.0 Å². The van der Waals surface area contributed by atoms with E-state index >= 15 is 0 Å². The molecule has 0 radical (unpaired) electrons. The molecule has 1 aliphatic rings. The van der Waals surface area contributed by atoms with Gasteiger partial charge in [0.2, 0.25) is 0 Å². The molecule has 0 saturated carbocycles. The summed E-state index contributed by atoms with van der Waals surface area (Å²) in [6.07, 6.45) is -1.16. The van der Waals surface area contributed by atoms with Gasteiger partial charge in [0.05, 0.1) is 11.1 Å². The number of rotatable bonds is 9. The van der Waals surface area contributed by atoms with Crippen molar-refractivity contribution in [3.8, 4) is 0 Å². The van der Waals surface area contributed by atoms with Gasteiger partial charge in [0.15, 0.2) is 0 Å². The molecule has 11 heteroatoms. The number of benzene rings is 2. The molecule has 0 saturated heterocycles. The van der Waals surface area contributed by atoms with Crippen LogP contribution in [0.25, 0.3) is 0 Å². The van der Waals surface area contributed by atoms with E-state index in [4.69, 9.17) is 9.47 Å². The highest BCUT2D eigenvalue weighted by Gasteiger charge is 2.41. The van der Waals surface area contributed by atoms with E-state index in [-0.39, 0.29) is 43.7 Å². The maximum Gasteiger partial charge on any atom is 0.419 e. The van der Waals surface area contributed by atoms with Gasteiger partial charge < -0.3 is 9.47 Å². The minimum atomic E-state index is -0.858. The average molecular weight is 556 g/mol. The maximum absolute atomic E-state index is 13.0. The van der Waals surface area contributed by atoms with Crippen molar-refractivity contribution in [2.24, 2.45) is 0 Å². The molecule has 2 aromatic rings. The van der Waals surface area contributed by atoms with Crippen LogP contribution >= 0.6 is 11.8 Å². The molecule has 208 valence electrons. The van der Waals surface area contributed by atoms with Gasteiger partial charge in [-0.3, -0.25) is 14.4 Å². The Kier molecular flexibility index (Phi) is 10.1. The van der Waals surface area contributed by atoms with Gasteiger partial charge in [0.1, 0.15) is 12.2 Å². The molecule has 0 aromatic heterocycles. The maximum atomic E-state index is 13.0. The normalized spacial score (nSPS) is 12.7. The lowest BCUT2D eigenvalue weighted by molar-refractivity contribution is 0.0191. The van der Waals surface area contributed by atoms with Crippen molar-refractivity contribution in [2.45, 2.75) is 52.7 Å². The lowest BCUT2D eigenvalue weighted by atomic mass is 10.1. The summed E-state index contributed by atoms with van der Waals surface area (Å²) in [4.78, 5) is 65.3. The number of thioether (sulfide) groups is 1. The predicted molar refractivity (Wildman–Crippen MR) is 146 cm³/mol. The smallest absolute Gasteiger partial charge is 0.419 e. The predicted octanol–water partition coefficient (Wildman–Crippen LogP) is 5.73. The summed E-state index contributed by atoms with van der Waals surface area (Å²) in [5.74, 6) is -0.681. The number of fused-ring (bicyclic) bond motifs is 1. The molecule has 0 bridgehead atoms. The Morgan fingerprint density at radius 1 is 0.846 bits per heavy atom. The van der Waals surface area contributed by atoms with Crippen molar-refractivity contribution in [1.82, 2.24) is 14.9 Å². The van der Waals surface area contributed by atoms with Crippen LogP contribution in [-0.4, -0.2) is 68.6 Å². The van der Waals surface area contributed by atoms with Gasteiger partial charge in [-0.25, -0.2) is 19.5 Å². The van der Waals surface area contributed by atoms with Crippen LogP contribution in [0.15, 0.2) is 54.6 Å². The Morgan fingerprint density at radius 3 is 1.97 bits per heavy atom. The van der Waals surface area contributed by atoms with E-state index in [1.165, 1.54) is 0 Å². The lowest BCUT2D eigenvalue weighted by Crippen LogP contribution is -2.49. The zero-order valence-corrected chi connectivity index (χ0v) is 23.4. The van der Waals surface area contributed by atoms with Crippen LogP contribution in [0.4, 0.5) is 14.4 Å². The summed E-state index contributed by atoms with van der Waals surface area (Å²) < 4.78 is 10.7. The minimum absolute atomic E-state index is 0.0186. The van der Waals surface area contributed by atoms with Crippen molar-refractivity contribution in [1.29, 1.82) is 0 Å². The Labute approximate surface area is 232 Å². The van der Waals surface area contributed by atoms with Gasteiger partial charge in [-0.05, 0) is 57.1 Å². The number of carbonyl (C=O) groups is 5. The summed E-state index contributed by atoms with van der Waals surface area (Å²) in [7, 11) is 0. The van der Waals surface area contributed by atoms with E-state index in [1.807, 2.05) is 18.2 Å². The molecule has 0 N–H and O–H groups in total. The first-order chi connectivity index (χ1) is 18.5. The number of ether oxygens (including phenoxy) is 2. The first-order valence-electron chi connectivity index (χ1n) is 12.7. The van der Waals surface area contributed by atoms with E-state index in [2.05, 4.69) is 0 Å². The molecule has 0 unspecified atom stereocenters.